The Hall–Kier alpha value is -4.44. The zero-order valence-corrected chi connectivity index (χ0v) is 20.9. The predicted molar refractivity (Wildman–Crippen MR) is 144 cm³/mol. The molecule has 0 saturated heterocycles. The number of aryl methyl sites for hydroxylation is 1. The third-order valence-corrected chi connectivity index (χ3v) is 5.77. The summed E-state index contributed by atoms with van der Waals surface area (Å²) in [6.45, 7) is 5.03. The largest absolute Gasteiger partial charge is 0.506 e. The number of aromatic hydroxyl groups is 1. The van der Waals surface area contributed by atoms with Gasteiger partial charge in [0.2, 0.25) is 11.9 Å². The van der Waals surface area contributed by atoms with E-state index in [-0.39, 0.29) is 11.7 Å². The minimum absolute atomic E-state index is 0.000800. The second-order valence-corrected chi connectivity index (χ2v) is 8.72. The summed E-state index contributed by atoms with van der Waals surface area (Å²) in [7, 11) is 7.84. The molecule has 4 aromatic rings. The van der Waals surface area contributed by atoms with Gasteiger partial charge >= 0.3 is 0 Å². The summed E-state index contributed by atoms with van der Waals surface area (Å²) < 4.78 is 2.00. The van der Waals surface area contributed by atoms with Crippen LogP contribution in [0.25, 0.3) is 22.3 Å². The lowest BCUT2D eigenvalue weighted by molar-refractivity contribution is -0.111. The Bertz CT molecular complexity index is 1410. The van der Waals surface area contributed by atoms with E-state index in [0.717, 1.165) is 23.1 Å². The first-order valence-corrected chi connectivity index (χ1v) is 11.4. The zero-order chi connectivity index (χ0) is 25.8. The molecule has 0 spiro atoms. The Balaban J connectivity index is 1.67. The van der Waals surface area contributed by atoms with E-state index < -0.39 is 0 Å². The van der Waals surface area contributed by atoms with Gasteiger partial charge in [-0.2, -0.15) is 0 Å². The van der Waals surface area contributed by atoms with Crippen LogP contribution in [-0.4, -0.2) is 69.7 Å². The van der Waals surface area contributed by atoms with Crippen LogP contribution >= 0.6 is 0 Å². The number of hydrogen-bond donors (Lipinski definition) is 3. The van der Waals surface area contributed by atoms with E-state index in [9.17, 15) is 9.90 Å². The van der Waals surface area contributed by atoms with Crippen molar-refractivity contribution in [2.24, 2.45) is 7.05 Å². The molecule has 0 fully saturated rings. The van der Waals surface area contributed by atoms with Crippen molar-refractivity contribution in [2.75, 3.05) is 49.8 Å². The average molecular weight is 487 g/mol. The number of carbonyl (C=O) groups is 1. The van der Waals surface area contributed by atoms with Gasteiger partial charge in [-0.05, 0) is 44.4 Å². The van der Waals surface area contributed by atoms with Gasteiger partial charge in [0, 0.05) is 57.4 Å². The van der Waals surface area contributed by atoms with Gasteiger partial charge in [-0.25, -0.2) is 9.97 Å². The van der Waals surface area contributed by atoms with E-state index in [1.807, 2.05) is 62.1 Å². The van der Waals surface area contributed by atoms with Crippen LogP contribution < -0.4 is 15.5 Å². The first kappa shape index (κ1) is 24.7. The van der Waals surface area contributed by atoms with E-state index in [2.05, 4.69) is 37.1 Å². The number of rotatable bonds is 9. The molecule has 0 aliphatic heterocycles. The molecule has 0 atom stereocenters. The fourth-order valence-electron chi connectivity index (χ4n) is 3.84. The molecule has 1 amide bonds. The lowest BCUT2D eigenvalue weighted by Gasteiger charge is -2.25. The molecule has 10 nitrogen and oxygen atoms in total. The highest BCUT2D eigenvalue weighted by molar-refractivity contribution is 6.02. The first-order valence-electron chi connectivity index (χ1n) is 11.4. The highest BCUT2D eigenvalue weighted by Crippen LogP contribution is 2.37. The standard InChI is InChI=1S/C26H30N8O2/c1-6-24(36)29-19-14-20(23(35)15-22(19)33(4)13-12-32(2)3)31-26-28-11-9-18(30-26)17-16-34(5)21-8-7-10-27-25(17)21/h6-11,14-16,35H,1,12-13H2,2-5H3,(H,29,36)(H,28,30,31). The summed E-state index contributed by atoms with van der Waals surface area (Å²) in [5.41, 5.74) is 4.95. The van der Waals surface area contributed by atoms with Crippen molar-refractivity contribution in [3.05, 3.63) is 61.6 Å². The normalized spacial score (nSPS) is 11.0. The molecule has 3 heterocycles. The van der Waals surface area contributed by atoms with Gasteiger partial charge in [0.05, 0.1) is 33.8 Å². The molecule has 10 heteroatoms. The van der Waals surface area contributed by atoms with Crippen LogP contribution in [-0.2, 0) is 11.8 Å². The molecule has 36 heavy (non-hydrogen) atoms. The monoisotopic (exact) mass is 486 g/mol. The molecule has 0 bridgehead atoms. The number of carbonyl (C=O) groups excluding carboxylic acids is 1. The minimum Gasteiger partial charge on any atom is -0.506 e. The van der Waals surface area contributed by atoms with Gasteiger partial charge in [0.25, 0.3) is 0 Å². The van der Waals surface area contributed by atoms with E-state index in [0.29, 0.717) is 35.2 Å². The average Bonchev–Trinajstić information content (AvgIpc) is 3.21. The lowest BCUT2D eigenvalue weighted by atomic mass is 10.2. The number of nitrogens with zero attached hydrogens (tertiary/aromatic N) is 6. The molecule has 0 aliphatic carbocycles. The molecule has 4 rings (SSSR count). The summed E-state index contributed by atoms with van der Waals surface area (Å²) in [4.78, 5) is 29.6. The number of likely N-dealkylation sites (N-methyl/N-ethyl adjacent to an activating group) is 2. The molecule has 186 valence electrons. The maximum atomic E-state index is 12.1. The SMILES string of the molecule is C=CC(=O)Nc1cc(Nc2nccc(-c3cn(C)c4cccnc34)n2)c(O)cc1N(C)CCN(C)C. The summed E-state index contributed by atoms with van der Waals surface area (Å²) in [6, 6.07) is 8.97. The Morgan fingerprint density at radius 1 is 1.14 bits per heavy atom. The van der Waals surface area contributed by atoms with Crippen LogP contribution in [0.3, 0.4) is 0 Å². The molecule has 0 aliphatic rings. The number of anilines is 4. The third kappa shape index (κ3) is 5.28. The number of aromatic nitrogens is 4. The van der Waals surface area contributed by atoms with Crippen molar-refractivity contribution in [1.29, 1.82) is 0 Å². The second kappa shape index (κ2) is 10.4. The number of phenols is 1. The quantitative estimate of drug-likeness (QED) is 0.187. The maximum Gasteiger partial charge on any atom is 0.247 e. The number of phenolic OH excluding ortho intramolecular Hbond substituents is 1. The lowest BCUT2D eigenvalue weighted by Crippen LogP contribution is -2.29. The highest BCUT2D eigenvalue weighted by Gasteiger charge is 2.16. The summed E-state index contributed by atoms with van der Waals surface area (Å²) >= 11 is 0. The number of fused-ring (bicyclic) bond motifs is 1. The van der Waals surface area contributed by atoms with Crippen LogP contribution in [0.1, 0.15) is 0 Å². The Morgan fingerprint density at radius 3 is 2.69 bits per heavy atom. The second-order valence-electron chi connectivity index (χ2n) is 8.72. The minimum atomic E-state index is -0.351. The van der Waals surface area contributed by atoms with Gasteiger partial charge in [0.1, 0.15) is 5.75 Å². The summed E-state index contributed by atoms with van der Waals surface area (Å²) in [5.74, 6) is -0.0554. The number of amides is 1. The van der Waals surface area contributed by atoms with Gasteiger partial charge in [-0.3, -0.25) is 9.78 Å². The fraction of sp³-hybridized carbons (Fsp3) is 0.231. The van der Waals surface area contributed by atoms with Gasteiger partial charge in [-0.1, -0.05) is 6.58 Å². The van der Waals surface area contributed by atoms with E-state index in [1.165, 1.54) is 6.08 Å². The van der Waals surface area contributed by atoms with Crippen LogP contribution in [0.15, 0.2) is 61.6 Å². The van der Waals surface area contributed by atoms with Crippen molar-refractivity contribution in [3.63, 3.8) is 0 Å². The molecule has 3 aromatic heterocycles. The van der Waals surface area contributed by atoms with Crippen LogP contribution in [0.2, 0.25) is 0 Å². The molecule has 0 saturated carbocycles. The van der Waals surface area contributed by atoms with Crippen molar-refractivity contribution in [3.8, 4) is 17.0 Å². The van der Waals surface area contributed by atoms with Gasteiger partial charge in [0.15, 0.2) is 0 Å². The molecule has 3 N–H and O–H groups in total. The number of nitrogens with one attached hydrogen (secondary N) is 2. The Morgan fingerprint density at radius 2 is 1.94 bits per heavy atom. The van der Waals surface area contributed by atoms with Gasteiger partial charge in [-0.15, -0.1) is 0 Å². The Kier molecular flexibility index (Phi) is 7.16. The zero-order valence-electron chi connectivity index (χ0n) is 20.9. The molecular weight excluding hydrogens is 456 g/mol. The summed E-state index contributed by atoms with van der Waals surface area (Å²) in [6.07, 6.45) is 6.57. The maximum absolute atomic E-state index is 12.1. The van der Waals surface area contributed by atoms with Crippen molar-refractivity contribution >= 4 is 40.0 Å². The summed E-state index contributed by atoms with van der Waals surface area (Å²) in [5, 5.41) is 16.7. The van der Waals surface area contributed by atoms with Gasteiger partial charge < -0.3 is 30.1 Å². The van der Waals surface area contributed by atoms with E-state index in [4.69, 9.17) is 0 Å². The van der Waals surface area contributed by atoms with Crippen molar-refractivity contribution < 1.29 is 9.90 Å². The van der Waals surface area contributed by atoms with E-state index in [1.54, 1.807) is 24.5 Å². The topological polar surface area (TPSA) is 111 Å². The third-order valence-electron chi connectivity index (χ3n) is 5.77. The molecule has 1 aromatic carbocycles. The number of pyridine rings is 1. The molecule has 0 radical (unpaired) electrons. The fourth-order valence-corrected chi connectivity index (χ4v) is 3.84. The van der Waals surface area contributed by atoms with Crippen molar-refractivity contribution in [1.82, 2.24) is 24.4 Å². The number of benzene rings is 1. The molecular formula is C26H30N8O2. The smallest absolute Gasteiger partial charge is 0.247 e. The van der Waals surface area contributed by atoms with Crippen LogP contribution in [0, 0.1) is 0 Å². The van der Waals surface area contributed by atoms with Crippen molar-refractivity contribution in [2.45, 2.75) is 0 Å². The highest BCUT2D eigenvalue weighted by atomic mass is 16.3. The van der Waals surface area contributed by atoms with Crippen LogP contribution in [0.4, 0.5) is 23.0 Å². The van der Waals surface area contributed by atoms with E-state index >= 15 is 0 Å². The number of hydrogen-bond acceptors (Lipinski definition) is 8. The Labute approximate surface area is 209 Å². The van der Waals surface area contributed by atoms with Crippen LogP contribution in [0.5, 0.6) is 5.75 Å². The molecule has 0 unspecified atom stereocenters. The predicted octanol–water partition coefficient (Wildman–Crippen LogP) is 3.60. The first-order chi connectivity index (χ1) is 17.3.